The lowest BCUT2D eigenvalue weighted by Gasteiger charge is -2.09. The molecule has 0 aliphatic heterocycles. The first-order chi connectivity index (χ1) is 10.3. The van der Waals surface area contributed by atoms with Gasteiger partial charge in [0.1, 0.15) is 6.33 Å². The van der Waals surface area contributed by atoms with Crippen LogP contribution in [0.1, 0.15) is 31.7 Å². The van der Waals surface area contributed by atoms with Crippen molar-refractivity contribution in [3.63, 3.8) is 0 Å². The summed E-state index contributed by atoms with van der Waals surface area (Å²) in [7, 11) is 0. The molecule has 2 heterocycles. The Morgan fingerprint density at radius 3 is 2.43 bits per heavy atom. The maximum atomic E-state index is 4.30. The summed E-state index contributed by atoms with van der Waals surface area (Å²) in [5.41, 5.74) is 3.34. The highest BCUT2D eigenvalue weighted by Gasteiger charge is 2.05. The standard InChI is InChI=1S/C17H18N4/c1-3-13(2)14-4-6-15(7-5-14)16-8-9-17(20-19-16)21-11-10-18-12-21/h4-13H,3H2,1-2H3. The molecule has 1 unspecified atom stereocenters. The maximum absolute atomic E-state index is 4.30. The lowest BCUT2D eigenvalue weighted by atomic mass is 9.97. The first-order valence-corrected chi connectivity index (χ1v) is 7.20. The van der Waals surface area contributed by atoms with E-state index >= 15 is 0 Å². The van der Waals surface area contributed by atoms with Crippen molar-refractivity contribution in [3.8, 4) is 17.1 Å². The van der Waals surface area contributed by atoms with Crippen LogP contribution in [0.3, 0.4) is 0 Å². The van der Waals surface area contributed by atoms with E-state index in [1.165, 1.54) is 5.56 Å². The summed E-state index contributed by atoms with van der Waals surface area (Å²) in [6, 6.07) is 12.5. The molecule has 4 heteroatoms. The smallest absolute Gasteiger partial charge is 0.160 e. The molecule has 4 nitrogen and oxygen atoms in total. The van der Waals surface area contributed by atoms with Gasteiger partial charge in [-0.2, -0.15) is 0 Å². The van der Waals surface area contributed by atoms with E-state index in [9.17, 15) is 0 Å². The van der Waals surface area contributed by atoms with Gasteiger partial charge in [0.15, 0.2) is 5.82 Å². The number of benzene rings is 1. The molecule has 21 heavy (non-hydrogen) atoms. The van der Waals surface area contributed by atoms with Crippen molar-refractivity contribution in [2.45, 2.75) is 26.2 Å². The van der Waals surface area contributed by atoms with Crippen LogP contribution < -0.4 is 0 Å². The van der Waals surface area contributed by atoms with Gasteiger partial charge in [0, 0.05) is 18.0 Å². The van der Waals surface area contributed by atoms with Crippen molar-refractivity contribution in [2.75, 3.05) is 0 Å². The Kier molecular flexibility index (Phi) is 3.77. The summed E-state index contributed by atoms with van der Waals surface area (Å²) in [5.74, 6) is 1.36. The Morgan fingerprint density at radius 1 is 1.05 bits per heavy atom. The number of hydrogen-bond acceptors (Lipinski definition) is 3. The third-order valence-electron chi connectivity index (χ3n) is 3.81. The molecule has 0 bridgehead atoms. The molecule has 2 aromatic heterocycles. The van der Waals surface area contributed by atoms with Crippen molar-refractivity contribution in [3.05, 3.63) is 60.7 Å². The average Bonchev–Trinajstić information content (AvgIpc) is 3.09. The van der Waals surface area contributed by atoms with E-state index in [-0.39, 0.29) is 0 Å². The summed E-state index contributed by atoms with van der Waals surface area (Å²) in [4.78, 5) is 4.01. The monoisotopic (exact) mass is 278 g/mol. The van der Waals surface area contributed by atoms with Crippen LogP contribution in [0.25, 0.3) is 17.1 Å². The molecule has 1 aromatic carbocycles. The van der Waals surface area contributed by atoms with Gasteiger partial charge in [0.05, 0.1) is 5.69 Å². The zero-order valence-corrected chi connectivity index (χ0v) is 12.3. The van der Waals surface area contributed by atoms with Crippen molar-refractivity contribution < 1.29 is 0 Å². The third kappa shape index (κ3) is 2.84. The van der Waals surface area contributed by atoms with E-state index in [2.05, 4.69) is 53.3 Å². The SMILES string of the molecule is CCC(C)c1ccc(-c2ccc(-n3ccnc3)nn2)cc1. The number of imidazole rings is 1. The van der Waals surface area contributed by atoms with Gasteiger partial charge in [0.2, 0.25) is 0 Å². The molecule has 0 N–H and O–H groups in total. The normalized spacial score (nSPS) is 12.3. The summed E-state index contributed by atoms with van der Waals surface area (Å²) >= 11 is 0. The molecule has 0 saturated carbocycles. The van der Waals surface area contributed by atoms with Gasteiger partial charge >= 0.3 is 0 Å². The fourth-order valence-electron chi connectivity index (χ4n) is 2.23. The number of rotatable bonds is 4. The molecule has 3 rings (SSSR count). The minimum atomic E-state index is 0.591. The second kappa shape index (κ2) is 5.87. The third-order valence-corrected chi connectivity index (χ3v) is 3.81. The van der Waals surface area contributed by atoms with Crippen LogP contribution in [0.5, 0.6) is 0 Å². The van der Waals surface area contributed by atoms with Crippen LogP contribution in [0.2, 0.25) is 0 Å². The van der Waals surface area contributed by atoms with Gasteiger partial charge in [-0.05, 0) is 30.0 Å². The van der Waals surface area contributed by atoms with Crippen LogP contribution in [-0.4, -0.2) is 19.7 Å². The number of hydrogen-bond donors (Lipinski definition) is 0. The van der Waals surface area contributed by atoms with Crippen LogP contribution >= 0.6 is 0 Å². The second-order valence-corrected chi connectivity index (χ2v) is 5.18. The van der Waals surface area contributed by atoms with E-state index in [1.54, 1.807) is 12.5 Å². The molecule has 0 aliphatic rings. The summed E-state index contributed by atoms with van der Waals surface area (Å²) in [6.07, 6.45) is 6.44. The van der Waals surface area contributed by atoms with E-state index in [0.717, 1.165) is 23.5 Å². The molecule has 0 aliphatic carbocycles. The quantitative estimate of drug-likeness (QED) is 0.728. The lowest BCUT2D eigenvalue weighted by molar-refractivity contribution is 0.734. The van der Waals surface area contributed by atoms with Crippen LogP contribution in [0.15, 0.2) is 55.1 Å². The Hall–Kier alpha value is -2.49. The lowest BCUT2D eigenvalue weighted by Crippen LogP contribution is -1.97. The molecule has 106 valence electrons. The molecule has 0 saturated heterocycles. The van der Waals surface area contributed by atoms with Crippen molar-refractivity contribution in [2.24, 2.45) is 0 Å². The molecular weight excluding hydrogens is 260 g/mol. The van der Waals surface area contributed by atoms with E-state index < -0.39 is 0 Å². The van der Waals surface area contributed by atoms with Gasteiger partial charge in [-0.3, -0.25) is 4.57 Å². The Labute approximate surface area is 124 Å². The maximum Gasteiger partial charge on any atom is 0.160 e. The zero-order chi connectivity index (χ0) is 14.7. The van der Waals surface area contributed by atoms with E-state index in [4.69, 9.17) is 0 Å². The Bertz CT molecular complexity index is 685. The summed E-state index contributed by atoms with van der Waals surface area (Å²) in [5, 5.41) is 8.55. The highest BCUT2D eigenvalue weighted by molar-refractivity contribution is 5.59. The minimum Gasteiger partial charge on any atom is -0.289 e. The Balaban J connectivity index is 1.84. The van der Waals surface area contributed by atoms with Crippen molar-refractivity contribution in [1.29, 1.82) is 0 Å². The first-order valence-electron chi connectivity index (χ1n) is 7.20. The molecule has 3 aromatic rings. The van der Waals surface area contributed by atoms with Gasteiger partial charge in [-0.1, -0.05) is 38.1 Å². The van der Waals surface area contributed by atoms with Gasteiger partial charge in [0.25, 0.3) is 0 Å². The molecule has 1 atom stereocenters. The molecular formula is C17H18N4. The molecule has 0 radical (unpaired) electrons. The van der Waals surface area contributed by atoms with Crippen LogP contribution in [-0.2, 0) is 0 Å². The predicted molar refractivity (Wildman–Crippen MR) is 83.3 cm³/mol. The van der Waals surface area contributed by atoms with E-state index in [1.807, 2.05) is 22.9 Å². The second-order valence-electron chi connectivity index (χ2n) is 5.18. The first kappa shape index (κ1) is 13.5. The number of nitrogens with zero attached hydrogens (tertiary/aromatic N) is 4. The Morgan fingerprint density at radius 2 is 1.86 bits per heavy atom. The average molecular weight is 278 g/mol. The largest absolute Gasteiger partial charge is 0.289 e. The predicted octanol–water partition coefficient (Wildman–Crippen LogP) is 3.84. The summed E-state index contributed by atoms with van der Waals surface area (Å²) in [6.45, 7) is 4.45. The van der Waals surface area contributed by atoms with Crippen molar-refractivity contribution in [1.82, 2.24) is 19.7 Å². The molecule has 0 spiro atoms. The topological polar surface area (TPSA) is 43.6 Å². The molecule has 0 fully saturated rings. The highest BCUT2D eigenvalue weighted by atomic mass is 15.2. The van der Waals surface area contributed by atoms with Gasteiger partial charge < -0.3 is 0 Å². The zero-order valence-electron chi connectivity index (χ0n) is 12.3. The van der Waals surface area contributed by atoms with Crippen LogP contribution in [0, 0.1) is 0 Å². The van der Waals surface area contributed by atoms with E-state index in [0.29, 0.717) is 5.92 Å². The summed E-state index contributed by atoms with van der Waals surface area (Å²) < 4.78 is 1.84. The highest BCUT2D eigenvalue weighted by Crippen LogP contribution is 2.23. The molecule has 0 amide bonds. The van der Waals surface area contributed by atoms with Crippen LogP contribution in [0.4, 0.5) is 0 Å². The minimum absolute atomic E-state index is 0.591. The van der Waals surface area contributed by atoms with Gasteiger partial charge in [-0.25, -0.2) is 4.98 Å². The number of aromatic nitrogens is 4. The van der Waals surface area contributed by atoms with Crippen molar-refractivity contribution >= 4 is 0 Å². The fraction of sp³-hybridized carbons (Fsp3) is 0.235. The fourth-order valence-corrected chi connectivity index (χ4v) is 2.23. The van der Waals surface area contributed by atoms with Gasteiger partial charge in [-0.15, -0.1) is 10.2 Å².